The Labute approximate surface area is 115 Å². The van der Waals surface area contributed by atoms with Crippen molar-refractivity contribution in [3.8, 4) is 10.7 Å². The average molecular weight is 296 g/mol. The van der Waals surface area contributed by atoms with Gasteiger partial charge in [-0.25, -0.2) is 0 Å². The quantitative estimate of drug-likeness (QED) is 0.730. The van der Waals surface area contributed by atoms with E-state index in [1.54, 1.807) is 16.7 Å². The van der Waals surface area contributed by atoms with Gasteiger partial charge in [-0.1, -0.05) is 17.4 Å². The highest BCUT2D eigenvalue weighted by Gasteiger charge is 2.10. The summed E-state index contributed by atoms with van der Waals surface area (Å²) in [5.41, 5.74) is 0.834. The van der Waals surface area contributed by atoms with Gasteiger partial charge in [0.15, 0.2) is 10.6 Å². The van der Waals surface area contributed by atoms with Gasteiger partial charge in [-0.15, -0.1) is 11.3 Å². The van der Waals surface area contributed by atoms with Crippen LogP contribution in [0.25, 0.3) is 10.7 Å². The maximum atomic E-state index is 11.1. The number of hydrogen-bond acceptors (Lipinski definition) is 5. The van der Waals surface area contributed by atoms with E-state index in [0.717, 1.165) is 27.7 Å². The van der Waals surface area contributed by atoms with Crippen LogP contribution < -0.4 is 4.87 Å². The van der Waals surface area contributed by atoms with Crippen molar-refractivity contribution in [1.82, 2.24) is 19.7 Å². The van der Waals surface area contributed by atoms with Crippen molar-refractivity contribution in [2.24, 2.45) is 0 Å². The maximum absolute atomic E-state index is 11.1. The lowest BCUT2D eigenvalue weighted by molar-refractivity contribution is 0.772. The number of rotatable bonds is 3. The molecule has 3 aromatic rings. The molecule has 3 heterocycles. The first-order valence-electron chi connectivity index (χ1n) is 5.10. The molecule has 3 aromatic heterocycles. The van der Waals surface area contributed by atoms with Gasteiger partial charge in [0.1, 0.15) is 0 Å². The fourth-order valence-electron chi connectivity index (χ4n) is 1.62. The SMILES string of the molecule is O=c1[nH]c(Cn2c(-c3cccs3)n[nH]c2=S)cs1. The monoisotopic (exact) mass is 296 g/mol. The molecule has 8 heteroatoms. The molecule has 5 nitrogen and oxygen atoms in total. The summed E-state index contributed by atoms with van der Waals surface area (Å²) in [5.74, 6) is 0.794. The van der Waals surface area contributed by atoms with Gasteiger partial charge in [-0.2, -0.15) is 5.10 Å². The molecule has 0 amide bonds. The lowest BCUT2D eigenvalue weighted by atomic mass is 10.4. The lowest BCUT2D eigenvalue weighted by Crippen LogP contribution is -2.04. The highest BCUT2D eigenvalue weighted by Crippen LogP contribution is 2.23. The molecule has 0 aliphatic rings. The third-order valence-corrected chi connectivity index (χ3v) is 4.30. The zero-order valence-corrected chi connectivity index (χ0v) is 11.5. The van der Waals surface area contributed by atoms with Crippen LogP contribution >= 0.6 is 34.9 Å². The number of thiophene rings is 1. The molecule has 3 rings (SSSR count). The first-order chi connectivity index (χ1) is 8.74. The van der Waals surface area contributed by atoms with Crippen molar-refractivity contribution in [3.05, 3.63) is 43.0 Å². The smallest absolute Gasteiger partial charge is 0.304 e. The van der Waals surface area contributed by atoms with E-state index in [4.69, 9.17) is 12.2 Å². The molecule has 0 bridgehead atoms. The number of nitrogens with one attached hydrogen (secondary N) is 2. The Morgan fingerprint density at radius 2 is 2.33 bits per heavy atom. The van der Waals surface area contributed by atoms with Gasteiger partial charge in [0.25, 0.3) is 0 Å². The Morgan fingerprint density at radius 1 is 1.44 bits per heavy atom. The molecule has 0 unspecified atom stereocenters. The van der Waals surface area contributed by atoms with Gasteiger partial charge >= 0.3 is 4.87 Å². The Balaban J connectivity index is 2.04. The largest absolute Gasteiger partial charge is 0.315 e. The Morgan fingerprint density at radius 3 is 3.00 bits per heavy atom. The van der Waals surface area contributed by atoms with Crippen molar-refractivity contribution in [1.29, 1.82) is 0 Å². The number of nitrogens with zero attached hydrogens (tertiary/aromatic N) is 2. The normalized spacial score (nSPS) is 10.9. The van der Waals surface area contributed by atoms with Gasteiger partial charge in [0.2, 0.25) is 0 Å². The number of aromatic nitrogens is 4. The third-order valence-electron chi connectivity index (χ3n) is 2.40. The zero-order valence-electron chi connectivity index (χ0n) is 9.04. The molecule has 0 aromatic carbocycles. The predicted octanol–water partition coefficient (Wildman–Crippen LogP) is 2.47. The van der Waals surface area contributed by atoms with E-state index in [1.165, 1.54) is 0 Å². The summed E-state index contributed by atoms with van der Waals surface area (Å²) in [6.45, 7) is 0.515. The van der Waals surface area contributed by atoms with E-state index < -0.39 is 0 Å². The number of H-pyrrole nitrogens is 2. The van der Waals surface area contributed by atoms with Crippen molar-refractivity contribution in [2.75, 3.05) is 0 Å². The van der Waals surface area contributed by atoms with Crippen LogP contribution in [0.2, 0.25) is 0 Å². The second kappa shape index (κ2) is 4.63. The van der Waals surface area contributed by atoms with Gasteiger partial charge < -0.3 is 4.98 Å². The topological polar surface area (TPSA) is 66.5 Å². The predicted molar refractivity (Wildman–Crippen MR) is 74.8 cm³/mol. The summed E-state index contributed by atoms with van der Waals surface area (Å²) >= 11 is 7.96. The Hall–Kier alpha value is -1.51. The van der Waals surface area contributed by atoms with Crippen LogP contribution in [-0.4, -0.2) is 19.7 Å². The maximum Gasteiger partial charge on any atom is 0.304 e. The Kier molecular flexibility index (Phi) is 2.98. The molecular formula is C10H8N4OS3. The fourth-order valence-corrected chi connectivity index (χ4v) is 3.11. The van der Waals surface area contributed by atoms with E-state index in [2.05, 4.69) is 15.2 Å². The fraction of sp³-hybridized carbons (Fsp3) is 0.100. The van der Waals surface area contributed by atoms with Crippen LogP contribution in [0.4, 0.5) is 0 Å². The molecule has 0 spiro atoms. The van der Waals surface area contributed by atoms with E-state index >= 15 is 0 Å². The number of hydrogen-bond donors (Lipinski definition) is 2. The second-order valence-corrected chi connectivity index (χ2v) is 5.77. The highest BCUT2D eigenvalue weighted by molar-refractivity contribution is 7.71. The van der Waals surface area contributed by atoms with E-state index in [1.807, 2.05) is 22.1 Å². The summed E-state index contributed by atoms with van der Waals surface area (Å²) in [7, 11) is 0. The molecule has 92 valence electrons. The van der Waals surface area contributed by atoms with Gasteiger partial charge in [-0.05, 0) is 23.7 Å². The van der Waals surface area contributed by atoms with Crippen LogP contribution in [0.5, 0.6) is 0 Å². The standard InChI is InChI=1S/C10H8N4OS3/c15-10-11-6(5-18-10)4-14-8(12-13-9(14)16)7-2-1-3-17-7/h1-3,5H,4H2,(H,11,15)(H,13,16). The molecule has 0 fully saturated rings. The van der Waals surface area contributed by atoms with Crippen molar-refractivity contribution in [3.63, 3.8) is 0 Å². The third kappa shape index (κ3) is 2.09. The zero-order chi connectivity index (χ0) is 12.5. The molecule has 0 atom stereocenters. The summed E-state index contributed by atoms with van der Waals surface area (Å²) < 4.78 is 2.42. The van der Waals surface area contributed by atoms with Crippen LogP contribution in [0.3, 0.4) is 0 Å². The minimum absolute atomic E-state index is 0.0577. The lowest BCUT2D eigenvalue weighted by Gasteiger charge is -2.02. The number of aromatic amines is 2. The molecule has 0 saturated heterocycles. The van der Waals surface area contributed by atoms with Gasteiger partial charge in [-0.3, -0.25) is 14.5 Å². The van der Waals surface area contributed by atoms with E-state index in [0.29, 0.717) is 11.3 Å². The summed E-state index contributed by atoms with van der Waals surface area (Å²) in [6, 6.07) is 3.96. The van der Waals surface area contributed by atoms with Crippen LogP contribution in [0.1, 0.15) is 5.69 Å². The molecule has 18 heavy (non-hydrogen) atoms. The molecule has 0 saturated carbocycles. The Bertz CT molecular complexity index is 761. The van der Waals surface area contributed by atoms with Crippen LogP contribution in [0, 0.1) is 4.77 Å². The molecule has 0 radical (unpaired) electrons. The minimum atomic E-state index is -0.0577. The van der Waals surface area contributed by atoms with E-state index in [-0.39, 0.29) is 4.87 Å². The number of thiazole rings is 1. The summed E-state index contributed by atoms with van der Waals surface area (Å²) in [6.07, 6.45) is 0. The van der Waals surface area contributed by atoms with E-state index in [9.17, 15) is 4.79 Å². The second-order valence-electron chi connectivity index (χ2n) is 3.59. The summed E-state index contributed by atoms with van der Waals surface area (Å²) in [5, 5.41) is 10.8. The molecular weight excluding hydrogens is 288 g/mol. The van der Waals surface area contributed by atoms with Gasteiger partial charge in [0, 0.05) is 11.1 Å². The first-order valence-corrected chi connectivity index (χ1v) is 7.26. The van der Waals surface area contributed by atoms with Crippen LogP contribution in [-0.2, 0) is 6.54 Å². The van der Waals surface area contributed by atoms with Crippen molar-refractivity contribution < 1.29 is 0 Å². The first kappa shape index (κ1) is 11.6. The average Bonchev–Trinajstić information content (AvgIpc) is 3.03. The molecule has 2 N–H and O–H groups in total. The van der Waals surface area contributed by atoms with Crippen molar-refractivity contribution >= 4 is 34.9 Å². The molecule has 0 aliphatic heterocycles. The summed E-state index contributed by atoms with van der Waals surface area (Å²) in [4.78, 5) is 14.9. The van der Waals surface area contributed by atoms with Gasteiger partial charge in [0.05, 0.1) is 11.4 Å². The minimum Gasteiger partial charge on any atom is -0.315 e. The van der Waals surface area contributed by atoms with Crippen LogP contribution in [0.15, 0.2) is 27.7 Å². The highest BCUT2D eigenvalue weighted by atomic mass is 32.1. The molecule has 0 aliphatic carbocycles. The van der Waals surface area contributed by atoms with Crippen molar-refractivity contribution in [2.45, 2.75) is 6.54 Å².